The zero-order chi connectivity index (χ0) is 22.8. The first-order valence-electron chi connectivity index (χ1n) is 10.2. The van der Waals surface area contributed by atoms with E-state index in [-0.39, 0.29) is 23.4 Å². The van der Waals surface area contributed by atoms with Gasteiger partial charge in [0.05, 0.1) is 18.4 Å². The van der Waals surface area contributed by atoms with Gasteiger partial charge in [0.2, 0.25) is 5.91 Å². The summed E-state index contributed by atoms with van der Waals surface area (Å²) in [5.74, 6) is -1.12. The second-order valence-electron chi connectivity index (χ2n) is 7.59. The highest BCUT2D eigenvalue weighted by atomic mass is 35.5. The number of amides is 1. The van der Waals surface area contributed by atoms with Gasteiger partial charge in [-0.15, -0.1) is 0 Å². The third-order valence-electron chi connectivity index (χ3n) is 5.40. The molecule has 2 aromatic heterocycles. The van der Waals surface area contributed by atoms with Crippen LogP contribution in [-0.2, 0) is 16.1 Å². The van der Waals surface area contributed by atoms with Crippen LogP contribution in [0.2, 0.25) is 5.02 Å². The molecule has 11 heteroatoms. The predicted molar refractivity (Wildman–Crippen MR) is 124 cm³/mol. The summed E-state index contributed by atoms with van der Waals surface area (Å²) in [6.45, 7) is 2.79. The lowest BCUT2D eigenvalue weighted by Gasteiger charge is -2.32. The highest BCUT2D eigenvalue weighted by Gasteiger charge is 2.23. The fourth-order valence-corrected chi connectivity index (χ4v) is 4.97. The molecule has 1 N–H and O–H groups in total. The van der Waals surface area contributed by atoms with Gasteiger partial charge < -0.3 is 15.0 Å². The quantitative estimate of drug-likeness (QED) is 0.564. The summed E-state index contributed by atoms with van der Waals surface area (Å²) < 4.78 is 6.38. The number of carbonyl (C=O) groups excluding carboxylic acids is 2. The molecule has 1 aromatic carbocycles. The van der Waals surface area contributed by atoms with Crippen LogP contribution in [0.15, 0.2) is 29.3 Å². The number of nitrogens with one attached hydrogen (secondary N) is 1. The van der Waals surface area contributed by atoms with Crippen LogP contribution in [-0.4, -0.2) is 46.1 Å². The molecule has 0 bridgehead atoms. The van der Waals surface area contributed by atoms with Crippen molar-refractivity contribution in [2.45, 2.75) is 38.8 Å². The van der Waals surface area contributed by atoms with Crippen LogP contribution >= 0.6 is 22.9 Å². The largest absolute Gasteiger partial charge is 0.465 e. The number of piperidine rings is 1. The lowest BCUT2D eigenvalue weighted by atomic mass is 10.1. The van der Waals surface area contributed by atoms with Crippen molar-refractivity contribution >= 4 is 56.0 Å². The number of benzene rings is 1. The molecule has 1 saturated heterocycles. The Morgan fingerprint density at radius 2 is 2.16 bits per heavy atom. The van der Waals surface area contributed by atoms with Crippen LogP contribution in [0.4, 0.5) is 10.8 Å². The Balaban J connectivity index is 1.56. The van der Waals surface area contributed by atoms with Gasteiger partial charge in [0, 0.05) is 17.6 Å². The molecule has 168 valence electrons. The van der Waals surface area contributed by atoms with Gasteiger partial charge in [-0.1, -0.05) is 22.9 Å². The van der Waals surface area contributed by atoms with Gasteiger partial charge in [0.1, 0.15) is 17.6 Å². The monoisotopic (exact) mass is 475 g/mol. The standard InChI is InChI=1S/C21H22ClN5O4S/c1-12-5-3-4-8-27(12)21-25-18-17(32-21)19(29)26(11-23-18)10-16(28)24-15-7-6-13(22)9-14(15)20(30)31-2/h6-7,9,11-12H,3-5,8,10H2,1-2H3,(H,24,28)/t12-/m1/s1. The van der Waals surface area contributed by atoms with Crippen molar-refractivity contribution in [3.05, 3.63) is 45.5 Å². The van der Waals surface area contributed by atoms with Gasteiger partial charge in [0.15, 0.2) is 10.8 Å². The number of rotatable bonds is 5. The van der Waals surface area contributed by atoms with Gasteiger partial charge >= 0.3 is 5.97 Å². The Morgan fingerprint density at radius 3 is 2.91 bits per heavy atom. The Morgan fingerprint density at radius 1 is 1.34 bits per heavy atom. The Bertz CT molecular complexity index is 1240. The average Bonchev–Trinajstić information content (AvgIpc) is 3.21. The number of fused-ring (bicyclic) bond motifs is 1. The van der Waals surface area contributed by atoms with E-state index in [0.29, 0.717) is 21.4 Å². The highest BCUT2D eigenvalue weighted by molar-refractivity contribution is 7.22. The van der Waals surface area contributed by atoms with Crippen LogP contribution in [0.5, 0.6) is 0 Å². The maximum atomic E-state index is 13.0. The van der Waals surface area contributed by atoms with Crippen molar-refractivity contribution in [2.75, 3.05) is 23.9 Å². The number of hydrogen-bond acceptors (Lipinski definition) is 8. The number of hydrogen-bond donors (Lipinski definition) is 1. The molecule has 1 aliphatic rings. The maximum absolute atomic E-state index is 13.0. The van der Waals surface area contributed by atoms with Crippen LogP contribution < -0.4 is 15.8 Å². The van der Waals surface area contributed by atoms with Crippen molar-refractivity contribution in [3.63, 3.8) is 0 Å². The number of nitrogens with zero attached hydrogens (tertiary/aromatic N) is 4. The number of ether oxygens (including phenoxy) is 1. The SMILES string of the molecule is COC(=O)c1cc(Cl)ccc1NC(=O)Cn1cnc2nc(N3CCCC[C@H]3C)sc2c1=O. The Hall–Kier alpha value is -2.98. The summed E-state index contributed by atoms with van der Waals surface area (Å²) in [5, 5.41) is 3.75. The summed E-state index contributed by atoms with van der Waals surface area (Å²) in [7, 11) is 1.24. The second-order valence-corrected chi connectivity index (χ2v) is 9.01. The van der Waals surface area contributed by atoms with Gasteiger partial charge in [0.25, 0.3) is 5.56 Å². The van der Waals surface area contributed by atoms with Gasteiger partial charge in [-0.05, 0) is 44.4 Å². The molecule has 3 heterocycles. The molecule has 3 aromatic rings. The first-order valence-corrected chi connectivity index (χ1v) is 11.4. The zero-order valence-corrected chi connectivity index (χ0v) is 19.2. The molecule has 0 saturated carbocycles. The molecule has 0 unspecified atom stereocenters. The van der Waals surface area contributed by atoms with Crippen LogP contribution in [0, 0.1) is 0 Å². The number of thiazole rings is 1. The second kappa shape index (κ2) is 9.25. The van der Waals surface area contributed by atoms with Gasteiger partial charge in [-0.3, -0.25) is 14.2 Å². The van der Waals surface area contributed by atoms with E-state index in [2.05, 4.69) is 27.1 Å². The van der Waals surface area contributed by atoms with E-state index in [4.69, 9.17) is 16.3 Å². The Kier molecular flexibility index (Phi) is 6.43. The molecule has 9 nitrogen and oxygen atoms in total. The third kappa shape index (κ3) is 4.46. The minimum Gasteiger partial charge on any atom is -0.465 e. The topological polar surface area (TPSA) is 106 Å². The highest BCUT2D eigenvalue weighted by Crippen LogP contribution is 2.30. The number of aromatic nitrogens is 3. The lowest BCUT2D eigenvalue weighted by Crippen LogP contribution is -2.37. The van der Waals surface area contributed by atoms with Crippen molar-refractivity contribution in [1.29, 1.82) is 0 Å². The fraction of sp³-hybridized carbons (Fsp3) is 0.381. The summed E-state index contributed by atoms with van der Waals surface area (Å²) in [6.07, 6.45) is 4.69. The summed E-state index contributed by atoms with van der Waals surface area (Å²) >= 11 is 7.25. The molecule has 1 amide bonds. The van der Waals surface area contributed by atoms with Crippen LogP contribution in [0.3, 0.4) is 0 Å². The molecular weight excluding hydrogens is 454 g/mol. The lowest BCUT2D eigenvalue weighted by molar-refractivity contribution is -0.116. The van der Waals surface area contributed by atoms with E-state index in [1.165, 1.54) is 47.9 Å². The molecule has 32 heavy (non-hydrogen) atoms. The first-order chi connectivity index (χ1) is 15.4. The van der Waals surface area contributed by atoms with E-state index in [1.807, 2.05) is 0 Å². The molecule has 4 rings (SSSR count). The molecular formula is C21H22ClN5O4S. The summed E-state index contributed by atoms with van der Waals surface area (Å²) in [6, 6.07) is 4.82. The molecule has 1 fully saturated rings. The van der Waals surface area contributed by atoms with E-state index in [1.54, 1.807) is 6.07 Å². The van der Waals surface area contributed by atoms with E-state index >= 15 is 0 Å². The smallest absolute Gasteiger partial charge is 0.340 e. The summed E-state index contributed by atoms with van der Waals surface area (Å²) in [5.41, 5.74) is 0.419. The van der Waals surface area contributed by atoms with E-state index in [0.717, 1.165) is 24.5 Å². The number of halogens is 1. The zero-order valence-electron chi connectivity index (χ0n) is 17.6. The number of methoxy groups -OCH3 is 1. The van der Waals surface area contributed by atoms with Crippen molar-refractivity contribution < 1.29 is 14.3 Å². The van der Waals surface area contributed by atoms with Gasteiger partial charge in [-0.2, -0.15) is 4.98 Å². The molecule has 1 aliphatic heterocycles. The minimum atomic E-state index is -0.632. The Labute approximate surface area is 193 Å². The van der Waals surface area contributed by atoms with Crippen molar-refractivity contribution in [3.8, 4) is 0 Å². The molecule has 0 aliphatic carbocycles. The van der Waals surface area contributed by atoms with Crippen molar-refractivity contribution in [2.24, 2.45) is 0 Å². The molecule has 1 atom stereocenters. The molecule has 0 radical (unpaired) electrons. The maximum Gasteiger partial charge on any atom is 0.340 e. The van der Waals surface area contributed by atoms with Gasteiger partial charge in [-0.25, -0.2) is 9.78 Å². The number of esters is 1. The number of anilines is 2. The van der Waals surface area contributed by atoms with Crippen LogP contribution in [0.1, 0.15) is 36.5 Å². The van der Waals surface area contributed by atoms with E-state index < -0.39 is 11.9 Å². The van der Waals surface area contributed by atoms with Crippen molar-refractivity contribution in [1.82, 2.24) is 14.5 Å². The van der Waals surface area contributed by atoms with E-state index in [9.17, 15) is 14.4 Å². The number of carbonyl (C=O) groups is 2. The molecule has 0 spiro atoms. The third-order valence-corrected chi connectivity index (χ3v) is 6.70. The summed E-state index contributed by atoms with van der Waals surface area (Å²) in [4.78, 5) is 48.6. The fourth-order valence-electron chi connectivity index (χ4n) is 3.70. The predicted octanol–water partition coefficient (Wildman–Crippen LogP) is 3.31. The normalized spacial score (nSPS) is 16.2. The minimum absolute atomic E-state index is 0.122. The first kappa shape index (κ1) is 22.2. The van der Waals surface area contributed by atoms with Crippen LogP contribution in [0.25, 0.3) is 10.3 Å². The average molecular weight is 476 g/mol.